The molecule has 0 aliphatic heterocycles. The number of methoxy groups -OCH3 is 1. The fourth-order valence-electron chi connectivity index (χ4n) is 1.52. The summed E-state index contributed by atoms with van der Waals surface area (Å²) >= 11 is 0. The minimum atomic E-state index is 0.149. The van der Waals surface area contributed by atoms with Crippen LogP contribution in [0.1, 0.15) is 31.9 Å². The van der Waals surface area contributed by atoms with Crippen LogP contribution in [-0.4, -0.2) is 7.11 Å². The van der Waals surface area contributed by atoms with Crippen molar-refractivity contribution in [3.05, 3.63) is 35.9 Å². The van der Waals surface area contributed by atoms with E-state index in [-0.39, 0.29) is 5.41 Å². The molecule has 0 saturated carbocycles. The smallest absolute Gasteiger partial charge is 0.119 e. The Morgan fingerprint density at radius 1 is 1.29 bits per heavy atom. The molecule has 0 aliphatic rings. The van der Waals surface area contributed by atoms with E-state index >= 15 is 0 Å². The Kier molecular flexibility index (Phi) is 3.00. The van der Waals surface area contributed by atoms with Gasteiger partial charge in [0.25, 0.3) is 0 Å². The van der Waals surface area contributed by atoms with Crippen LogP contribution in [0.4, 0.5) is 0 Å². The third kappa shape index (κ3) is 2.16. The van der Waals surface area contributed by atoms with Crippen LogP contribution in [0.15, 0.2) is 24.8 Å². The van der Waals surface area contributed by atoms with Gasteiger partial charge in [0.1, 0.15) is 5.75 Å². The van der Waals surface area contributed by atoms with Gasteiger partial charge in [-0.05, 0) is 28.7 Å². The van der Waals surface area contributed by atoms with Crippen molar-refractivity contribution < 1.29 is 4.74 Å². The molecule has 0 atom stereocenters. The summed E-state index contributed by atoms with van der Waals surface area (Å²) in [5.74, 6) is 0.882. The van der Waals surface area contributed by atoms with E-state index in [1.54, 1.807) is 7.11 Å². The molecule has 0 aromatic heterocycles. The summed E-state index contributed by atoms with van der Waals surface area (Å²) in [6.07, 6.45) is 1.88. The van der Waals surface area contributed by atoms with E-state index in [2.05, 4.69) is 33.4 Å². The van der Waals surface area contributed by atoms with E-state index in [4.69, 9.17) is 4.74 Å². The predicted molar refractivity (Wildman–Crippen MR) is 61.8 cm³/mol. The second-order valence-corrected chi connectivity index (χ2v) is 4.41. The minimum absolute atomic E-state index is 0.149. The van der Waals surface area contributed by atoms with Gasteiger partial charge >= 0.3 is 0 Å². The van der Waals surface area contributed by atoms with Gasteiger partial charge < -0.3 is 4.74 Å². The summed E-state index contributed by atoms with van der Waals surface area (Å²) in [7, 11) is 1.68. The van der Waals surface area contributed by atoms with Gasteiger partial charge in [0.05, 0.1) is 7.11 Å². The Morgan fingerprint density at radius 3 is 2.36 bits per heavy atom. The first-order valence-corrected chi connectivity index (χ1v) is 4.80. The topological polar surface area (TPSA) is 9.23 Å². The van der Waals surface area contributed by atoms with Crippen molar-refractivity contribution in [1.29, 1.82) is 0 Å². The highest BCUT2D eigenvalue weighted by molar-refractivity contribution is 5.56. The van der Waals surface area contributed by atoms with Crippen LogP contribution in [-0.2, 0) is 5.41 Å². The van der Waals surface area contributed by atoms with Crippen LogP contribution in [0.2, 0.25) is 0 Å². The maximum absolute atomic E-state index is 5.18. The molecular weight excluding hydrogens is 172 g/mol. The van der Waals surface area contributed by atoms with Crippen LogP contribution in [0.5, 0.6) is 5.75 Å². The summed E-state index contributed by atoms with van der Waals surface area (Å²) in [4.78, 5) is 0. The van der Waals surface area contributed by atoms with Crippen molar-refractivity contribution >= 4 is 6.08 Å². The number of benzene rings is 1. The molecule has 0 radical (unpaired) electrons. The Bertz CT molecular complexity index is 332. The van der Waals surface area contributed by atoms with Crippen LogP contribution in [0, 0.1) is 0 Å². The molecule has 14 heavy (non-hydrogen) atoms. The first kappa shape index (κ1) is 10.8. The normalized spacial score (nSPS) is 11.1. The molecular formula is C13H18O. The highest BCUT2D eigenvalue weighted by Crippen LogP contribution is 2.29. The van der Waals surface area contributed by atoms with E-state index in [0.29, 0.717) is 0 Å². The van der Waals surface area contributed by atoms with E-state index in [0.717, 1.165) is 11.3 Å². The molecule has 0 fully saturated rings. The average molecular weight is 190 g/mol. The first-order chi connectivity index (χ1) is 6.49. The molecule has 0 aliphatic carbocycles. The van der Waals surface area contributed by atoms with E-state index in [1.165, 1.54) is 5.56 Å². The van der Waals surface area contributed by atoms with Crippen LogP contribution >= 0.6 is 0 Å². The van der Waals surface area contributed by atoms with Gasteiger partial charge in [-0.15, -0.1) is 0 Å². The molecule has 1 nitrogen and oxygen atoms in total. The highest BCUT2D eigenvalue weighted by atomic mass is 16.5. The molecule has 0 heterocycles. The highest BCUT2D eigenvalue weighted by Gasteiger charge is 2.16. The predicted octanol–water partition coefficient (Wildman–Crippen LogP) is 3.64. The summed E-state index contributed by atoms with van der Waals surface area (Å²) in [5.41, 5.74) is 2.60. The molecule has 0 N–H and O–H groups in total. The molecule has 0 spiro atoms. The fourth-order valence-corrected chi connectivity index (χ4v) is 1.52. The van der Waals surface area contributed by atoms with Crippen molar-refractivity contribution in [3.63, 3.8) is 0 Å². The van der Waals surface area contributed by atoms with E-state index in [9.17, 15) is 0 Å². The van der Waals surface area contributed by atoms with Crippen LogP contribution in [0.25, 0.3) is 6.08 Å². The molecule has 0 amide bonds. The van der Waals surface area contributed by atoms with Gasteiger partial charge in [0.15, 0.2) is 0 Å². The van der Waals surface area contributed by atoms with Crippen molar-refractivity contribution in [1.82, 2.24) is 0 Å². The number of rotatable bonds is 2. The van der Waals surface area contributed by atoms with Crippen molar-refractivity contribution in [3.8, 4) is 5.75 Å². The zero-order valence-corrected chi connectivity index (χ0v) is 9.42. The first-order valence-electron chi connectivity index (χ1n) is 4.80. The fraction of sp³-hybridized carbons (Fsp3) is 0.385. The second kappa shape index (κ2) is 3.87. The molecule has 0 unspecified atom stereocenters. The van der Waals surface area contributed by atoms with Gasteiger partial charge in [-0.2, -0.15) is 0 Å². The number of ether oxygens (including phenoxy) is 1. The molecule has 0 saturated heterocycles. The van der Waals surface area contributed by atoms with Crippen LogP contribution in [0.3, 0.4) is 0 Å². The van der Waals surface area contributed by atoms with Gasteiger partial charge in [0, 0.05) is 0 Å². The van der Waals surface area contributed by atoms with Gasteiger partial charge in [-0.1, -0.05) is 39.5 Å². The third-order valence-electron chi connectivity index (χ3n) is 2.29. The summed E-state index contributed by atoms with van der Waals surface area (Å²) in [5, 5.41) is 0. The van der Waals surface area contributed by atoms with Crippen LogP contribution < -0.4 is 4.74 Å². The third-order valence-corrected chi connectivity index (χ3v) is 2.29. The van der Waals surface area contributed by atoms with E-state index < -0.39 is 0 Å². The SMILES string of the molecule is C=Cc1cc(OC)ccc1C(C)(C)C. The Balaban J connectivity index is 3.25. The molecule has 1 aromatic carbocycles. The van der Waals surface area contributed by atoms with E-state index in [1.807, 2.05) is 18.2 Å². The molecule has 1 aromatic rings. The summed E-state index contributed by atoms with van der Waals surface area (Å²) < 4.78 is 5.18. The zero-order chi connectivity index (χ0) is 10.8. The average Bonchev–Trinajstić information content (AvgIpc) is 2.15. The lowest BCUT2D eigenvalue weighted by molar-refractivity contribution is 0.414. The summed E-state index contributed by atoms with van der Waals surface area (Å²) in [6.45, 7) is 10.4. The zero-order valence-electron chi connectivity index (χ0n) is 9.42. The lowest BCUT2D eigenvalue weighted by Crippen LogP contribution is -2.12. The molecule has 1 rings (SSSR count). The van der Waals surface area contributed by atoms with Gasteiger partial charge in [-0.25, -0.2) is 0 Å². The summed E-state index contributed by atoms with van der Waals surface area (Å²) in [6, 6.07) is 6.12. The quantitative estimate of drug-likeness (QED) is 0.692. The minimum Gasteiger partial charge on any atom is -0.497 e. The largest absolute Gasteiger partial charge is 0.497 e. The Labute approximate surface area is 86.4 Å². The molecule has 1 heteroatoms. The van der Waals surface area contributed by atoms with Crippen molar-refractivity contribution in [2.45, 2.75) is 26.2 Å². The number of hydrogen-bond acceptors (Lipinski definition) is 1. The Morgan fingerprint density at radius 2 is 1.93 bits per heavy atom. The van der Waals surface area contributed by atoms with Gasteiger partial charge in [0.2, 0.25) is 0 Å². The molecule has 76 valence electrons. The van der Waals surface area contributed by atoms with Gasteiger partial charge in [-0.3, -0.25) is 0 Å². The van der Waals surface area contributed by atoms with Crippen molar-refractivity contribution in [2.24, 2.45) is 0 Å². The Hall–Kier alpha value is -1.24. The standard InChI is InChI=1S/C13H18O/c1-6-10-9-11(14-5)7-8-12(10)13(2,3)4/h6-9H,1H2,2-5H3. The number of hydrogen-bond donors (Lipinski definition) is 0. The monoisotopic (exact) mass is 190 g/mol. The maximum Gasteiger partial charge on any atom is 0.119 e. The lowest BCUT2D eigenvalue weighted by atomic mass is 9.84. The second-order valence-electron chi connectivity index (χ2n) is 4.41. The maximum atomic E-state index is 5.18. The lowest BCUT2D eigenvalue weighted by Gasteiger charge is -2.22. The van der Waals surface area contributed by atoms with Crippen molar-refractivity contribution in [2.75, 3.05) is 7.11 Å². The molecule has 0 bridgehead atoms.